The van der Waals surface area contributed by atoms with Crippen LogP contribution in [0.1, 0.15) is 26.7 Å². The van der Waals surface area contributed by atoms with Gasteiger partial charge in [0, 0.05) is 11.7 Å². The van der Waals surface area contributed by atoms with Crippen LogP contribution in [0.4, 0.5) is 0 Å². The van der Waals surface area contributed by atoms with E-state index in [-0.39, 0.29) is 5.91 Å². The first-order chi connectivity index (χ1) is 4.66. The largest absolute Gasteiger partial charge is 0.370 e. The highest BCUT2D eigenvalue weighted by molar-refractivity contribution is 7.99. The van der Waals surface area contributed by atoms with E-state index in [1.807, 2.05) is 11.8 Å². The Bertz CT molecular complexity index is 106. The molecular formula is C7H15NOS. The first-order valence-corrected chi connectivity index (χ1v) is 4.61. The molecular weight excluding hydrogens is 146 g/mol. The summed E-state index contributed by atoms with van der Waals surface area (Å²) in [6, 6.07) is 0. The summed E-state index contributed by atoms with van der Waals surface area (Å²) in [7, 11) is 0. The van der Waals surface area contributed by atoms with Gasteiger partial charge in [0.1, 0.15) is 0 Å². The summed E-state index contributed by atoms with van der Waals surface area (Å²) in [5, 5.41) is 0.567. The van der Waals surface area contributed by atoms with Gasteiger partial charge in [0.15, 0.2) is 0 Å². The zero-order chi connectivity index (χ0) is 7.98. The number of carbonyl (C=O) groups is 1. The monoisotopic (exact) mass is 161 g/mol. The lowest BCUT2D eigenvalue weighted by Gasteiger charge is -2.06. The smallest absolute Gasteiger partial charge is 0.217 e. The van der Waals surface area contributed by atoms with Gasteiger partial charge in [0.2, 0.25) is 5.91 Å². The highest BCUT2D eigenvalue weighted by Gasteiger charge is 2.02. The van der Waals surface area contributed by atoms with Crippen LogP contribution in [0, 0.1) is 0 Å². The van der Waals surface area contributed by atoms with E-state index in [0.717, 1.165) is 12.2 Å². The molecule has 0 radical (unpaired) electrons. The Kier molecular flexibility index (Phi) is 5.49. The highest BCUT2D eigenvalue weighted by atomic mass is 32.2. The number of thioether (sulfide) groups is 1. The normalized spacial score (nSPS) is 13.0. The Morgan fingerprint density at radius 1 is 1.70 bits per heavy atom. The summed E-state index contributed by atoms with van der Waals surface area (Å²) in [4.78, 5) is 10.3. The number of hydrogen-bond acceptors (Lipinski definition) is 2. The predicted octanol–water partition coefficient (Wildman–Crippen LogP) is 1.39. The molecule has 0 saturated heterocycles. The van der Waals surface area contributed by atoms with Crippen molar-refractivity contribution in [2.24, 2.45) is 5.73 Å². The summed E-state index contributed by atoms with van der Waals surface area (Å²) in [6.07, 6.45) is 1.43. The lowest BCUT2D eigenvalue weighted by molar-refractivity contribution is -0.118. The van der Waals surface area contributed by atoms with Crippen LogP contribution >= 0.6 is 11.8 Å². The Hall–Kier alpha value is -0.180. The zero-order valence-electron chi connectivity index (χ0n) is 6.59. The van der Waals surface area contributed by atoms with Crippen molar-refractivity contribution in [1.29, 1.82) is 0 Å². The Morgan fingerprint density at radius 3 is 2.70 bits per heavy atom. The average Bonchev–Trinajstić information content (AvgIpc) is 1.85. The summed E-state index contributed by atoms with van der Waals surface area (Å²) in [5.74, 6) is 0.920. The first kappa shape index (κ1) is 9.82. The summed E-state index contributed by atoms with van der Waals surface area (Å²) >= 11 is 1.87. The van der Waals surface area contributed by atoms with Gasteiger partial charge in [0.25, 0.3) is 0 Å². The van der Waals surface area contributed by atoms with Crippen molar-refractivity contribution in [2.45, 2.75) is 31.9 Å². The number of nitrogens with two attached hydrogens (primary N) is 1. The molecule has 10 heavy (non-hydrogen) atoms. The number of primary amides is 1. The van der Waals surface area contributed by atoms with Crippen LogP contribution in [0.2, 0.25) is 0 Å². The van der Waals surface area contributed by atoms with E-state index >= 15 is 0 Å². The fourth-order valence-electron chi connectivity index (χ4n) is 0.713. The van der Waals surface area contributed by atoms with Gasteiger partial charge in [-0.3, -0.25) is 4.79 Å². The van der Waals surface area contributed by atoms with Gasteiger partial charge in [-0.1, -0.05) is 13.8 Å². The molecule has 0 heterocycles. The maximum atomic E-state index is 10.3. The minimum Gasteiger partial charge on any atom is -0.370 e. The molecule has 3 heteroatoms. The quantitative estimate of drug-likeness (QED) is 0.662. The molecule has 2 nitrogen and oxygen atoms in total. The van der Waals surface area contributed by atoms with Gasteiger partial charge in [0.05, 0.1) is 0 Å². The van der Waals surface area contributed by atoms with Crippen LogP contribution in [-0.4, -0.2) is 16.9 Å². The van der Waals surface area contributed by atoms with Gasteiger partial charge in [-0.2, -0.15) is 11.8 Å². The van der Waals surface area contributed by atoms with E-state index in [0.29, 0.717) is 11.7 Å². The third-order valence-electron chi connectivity index (χ3n) is 1.25. The Balaban J connectivity index is 3.21. The summed E-state index contributed by atoms with van der Waals surface area (Å²) in [6.45, 7) is 4.24. The number of rotatable bonds is 5. The van der Waals surface area contributed by atoms with E-state index < -0.39 is 0 Å². The van der Waals surface area contributed by atoms with Gasteiger partial charge >= 0.3 is 0 Å². The molecule has 0 fully saturated rings. The molecule has 0 aliphatic rings. The molecule has 1 unspecified atom stereocenters. The minimum absolute atomic E-state index is 0.191. The van der Waals surface area contributed by atoms with E-state index in [1.165, 1.54) is 0 Å². The van der Waals surface area contributed by atoms with Crippen molar-refractivity contribution in [2.75, 3.05) is 5.75 Å². The molecule has 0 aromatic carbocycles. The highest BCUT2D eigenvalue weighted by Crippen LogP contribution is 2.14. The van der Waals surface area contributed by atoms with Crippen molar-refractivity contribution in [1.82, 2.24) is 0 Å². The van der Waals surface area contributed by atoms with E-state index in [4.69, 9.17) is 5.73 Å². The summed E-state index contributed by atoms with van der Waals surface area (Å²) in [5.41, 5.74) is 4.99. The van der Waals surface area contributed by atoms with Gasteiger partial charge in [-0.25, -0.2) is 0 Å². The summed E-state index contributed by atoms with van der Waals surface area (Å²) < 4.78 is 0. The predicted molar refractivity (Wildman–Crippen MR) is 46.0 cm³/mol. The maximum absolute atomic E-state index is 10.3. The van der Waals surface area contributed by atoms with Crippen molar-refractivity contribution in [3.63, 3.8) is 0 Å². The fraction of sp³-hybridized carbons (Fsp3) is 0.857. The lowest BCUT2D eigenvalue weighted by Crippen LogP contribution is -2.12. The fourth-order valence-corrected chi connectivity index (χ4v) is 1.57. The molecule has 0 spiro atoms. The number of carbonyl (C=O) groups excluding carboxylic acids is 1. The van der Waals surface area contributed by atoms with E-state index in [1.54, 1.807) is 0 Å². The third kappa shape index (κ3) is 5.95. The molecule has 0 aliphatic carbocycles. The second-order valence-electron chi connectivity index (χ2n) is 2.27. The average molecular weight is 161 g/mol. The molecule has 0 aromatic rings. The number of amides is 1. The van der Waals surface area contributed by atoms with E-state index in [9.17, 15) is 4.79 Å². The molecule has 2 N–H and O–H groups in total. The third-order valence-corrected chi connectivity index (χ3v) is 2.39. The molecule has 0 bridgehead atoms. The molecule has 0 rings (SSSR count). The molecule has 0 saturated carbocycles. The van der Waals surface area contributed by atoms with Crippen molar-refractivity contribution in [3.8, 4) is 0 Å². The molecule has 0 aliphatic heterocycles. The minimum atomic E-state index is -0.191. The maximum Gasteiger partial charge on any atom is 0.217 e. The lowest BCUT2D eigenvalue weighted by atomic mass is 10.2. The van der Waals surface area contributed by atoms with Crippen LogP contribution in [0.15, 0.2) is 0 Å². The molecule has 0 aromatic heterocycles. The molecule has 1 amide bonds. The SMILES string of the molecule is CCSC(C)CCC(N)=O. The molecule has 1 atom stereocenters. The van der Waals surface area contributed by atoms with Crippen LogP contribution in [0.5, 0.6) is 0 Å². The second kappa shape index (κ2) is 5.59. The van der Waals surface area contributed by atoms with Crippen molar-refractivity contribution < 1.29 is 4.79 Å². The van der Waals surface area contributed by atoms with Crippen LogP contribution in [0.25, 0.3) is 0 Å². The zero-order valence-corrected chi connectivity index (χ0v) is 7.41. The standard InChI is InChI=1S/C7H15NOS/c1-3-10-6(2)4-5-7(8)9/h6H,3-5H2,1-2H3,(H2,8,9). The van der Waals surface area contributed by atoms with Crippen molar-refractivity contribution >= 4 is 17.7 Å². The van der Waals surface area contributed by atoms with Crippen LogP contribution < -0.4 is 5.73 Å². The first-order valence-electron chi connectivity index (χ1n) is 3.56. The van der Waals surface area contributed by atoms with Crippen molar-refractivity contribution in [3.05, 3.63) is 0 Å². The van der Waals surface area contributed by atoms with Crippen LogP contribution in [0.3, 0.4) is 0 Å². The Morgan fingerprint density at radius 2 is 2.30 bits per heavy atom. The second-order valence-corrected chi connectivity index (χ2v) is 3.99. The number of hydrogen-bond donors (Lipinski definition) is 1. The van der Waals surface area contributed by atoms with Gasteiger partial charge in [-0.05, 0) is 12.2 Å². The van der Waals surface area contributed by atoms with Gasteiger partial charge in [-0.15, -0.1) is 0 Å². The van der Waals surface area contributed by atoms with E-state index in [2.05, 4.69) is 13.8 Å². The topological polar surface area (TPSA) is 43.1 Å². The molecule has 60 valence electrons. The Labute approximate surface area is 66.6 Å². The van der Waals surface area contributed by atoms with Crippen LogP contribution in [-0.2, 0) is 4.79 Å². The van der Waals surface area contributed by atoms with Gasteiger partial charge < -0.3 is 5.73 Å².